The zero-order chi connectivity index (χ0) is 21.8. The summed E-state index contributed by atoms with van der Waals surface area (Å²) < 4.78 is 10.4. The van der Waals surface area contributed by atoms with Gasteiger partial charge in [-0.05, 0) is 63.6 Å². The van der Waals surface area contributed by atoms with Gasteiger partial charge in [0.15, 0.2) is 6.61 Å². The van der Waals surface area contributed by atoms with Crippen LogP contribution in [-0.4, -0.2) is 31.1 Å². The minimum atomic E-state index is -0.554. The van der Waals surface area contributed by atoms with Crippen LogP contribution in [-0.2, 0) is 27.1 Å². The molecule has 1 aliphatic rings. The molecule has 6 nitrogen and oxygen atoms in total. The van der Waals surface area contributed by atoms with Crippen LogP contribution in [0.15, 0.2) is 18.2 Å². The molecule has 160 valence electrons. The Balaban J connectivity index is 1.71. The van der Waals surface area contributed by atoms with E-state index in [-0.39, 0.29) is 6.61 Å². The molecule has 0 saturated carbocycles. The van der Waals surface area contributed by atoms with Crippen LogP contribution in [0.2, 0.25) is 0 Å². The van der Waals surface area contributed by atoms with E-state index in [1.165, 1.54) is 11.3 Å². The van der Waals surface area contributed by atoms with Crippen LogP contribution in [0.3, 0.4) is 0 Å². The van der Waals surface area contributed by atoms with E-state index >= 15 is 0 Å². The molecule has 0 spiro atoms. The van der Waals surface area contributed by atoms with E-state index in [1.54, 1.807) is 19.1 Å². The lowest BCUT2D eigenvalue weighted by Gasteiger charge is -2.18. The molecule has 1 atom stereocenters. The number of hydrogen-bond donors (Lipinski definition) is 1. The first-order chi connectivity index (χ1) is 14.3. The SMILES string of the molecule is CCOC(=O)c1c(NC(=O)COC(=O)c2cc(C)cc(C)c2)sc2c1CCC(C)C2. The number of benzene rings is 1. The second kappa shape index (κ2) is 9.43. The number of nitrogens with one attached hydrogen (secondary N) is 1. The molecule has 0 bridgehead atoms. The molecule has 1 unspecified atom stereocenters. The number of ether oxygens (including phenoxy) is 2. The van der Waals surface area contributed by atoms with E-state index in [0.29, 0.717) is 22.0 Å². The molecule has 3 rings (SSSR count). The molecule has 0 radical (unpaired) electrons. The van der Waals surface area contributed by atoms with Crippen LogP contribution in [0.1, 0.15) is 62.6 Å². The number of hydrogen-bond acceptors (Lipinski definition) is 6. The van der Waals surface area contributed by atoms with Crippen molar-refractivity contribution in [1.82, 2.24) is 0 Å². The van der Waals surface area contributed by atoms with Gasteiger partial charge in [-0.1, -0.05) is 24.1 Å². The lowest BCUT2D eigenvalue weighted by molar-refractivity contribution is -0.119. The highest BCUT2D eigenvalue weighted by molar-refractivity contribution is 7.17. The van der Waals surface area contributed by atoms with Crippen molar-refractivity contribution in [1.29, 1.82) is 0 Å². The van der Waals surface area contributed by atoms with Crippen LogP contribution in [0.5, 0.6) is 0 Å². The maximum atomic E-state index is 12.5. The third-order valence-corrected chi connectivity index (χ3v) is 6.21. The normalized spacial score (nSPS) is 15.3. The first-order valence-corrected chi connectivity index (χ1v) is 11.0. The summed E-state index contributed by atoms with van der Waals surface area (Å²) in [6.45, 7) is 7.56. The van der Waals surface area contributed by atoms with Crippen molar-refractivity contribution in [3.8, 4) is 0 Å². The van der Waals surface area contributed by atoms with Crippen molar-refractivity contribution < 1.29 is 23.9 Å². The van der Waals surface area contributed by atoms with Gasteiger partial charge in [-0.15, -0.1) is 11.3 Å². The Morgan fingerprint density at radius 1 is 1.10 bits per heavy atom. The molecule has 1 N–H and O–H groups in total. The van der Waals surface area contributed by atoms with Crippen LogP contribution in [0.4, 0.5) is 5.00 Å². The molecule has 7 heteroatoms. The average molecular weight is 430 g/mol. The van der Waals surface area contributed by atoms with Gasteiger partial charge < -0.3 is 14.8 Å². The quantitative estimate of drug-likeness (QED) is 0.686. The van der Waals surface area contributed by atoms with Crippen LogP contribution < -0.4 is 5.32 Å². The average Bonchev–Trinajstić information content (AvgIpc) is 3.02. The van der Waals surface area contributed by atoms with Gasteiger partial charge in [-0.2, -0.15) is 0 Å². The van der Waals surface area contributed by atoms with Gasteiger partial charge in [0.05, 0.1) is 17.7 Å². The Morgan fingerprint density at radius 2 is 1.80 bits per heavy atom. The number of aryl methyl sites for hydroxylation is 2. The number of carbonyl (C=O) groups excluding carboxylic acids is 3. The summed E-state index contributed by atoms with van der Waals surface area (Å²) >= 11 is 1.41. The van der Waals surface area contributed by atoms with Crippen molar-refractivity contribution in [3.05, 3.63) is 50.9 Å². The van der Waals surface area contributed by atoms with Gasteiger partial charge >= 0.3 is 11.9 Å². The summed E-state index contributed by atoms with van der Waals surface area (Å²) in [7, 11) is 0. The Kier molecular flexibility index (Phi) is 6.92. The first kappa shape index (κ1) is 22.0. The van der Waals surface area contributed by atoms with Crippen LogP contribution in [0, 0.1) is 19.8 Å². The molecule has 1 aliphatic carbocycles. The number of carbonyl (C=O) groups is 3. The summed E-state index contributed by atoms with van der Waals surface area (Å²) in [6.07, 6.45) is 2.67. The highest BCUT2D eigenvalue weighted by Gasteiger charge is 2.29. The molecular weight excluding hydrogens is 402 g/mol. The predicted octanol–water partition coefficient (Wildman–Crippen LogP) is 4.46. The number of anilines is 1. The number of amides is 1. The molecule has 30 heavy (non-hydrogen) atoms. The molecule has 2 aromatic rings. The lowest BCUT2D eigenvalue weighted by atomic mass is 9.88. The van der Waals surface area contributed by atoms with E-state index in [4.69, 9.17) is 9.47 Å². The lowest BCUT2D eigenvalue weighted by Crippen LogP contribution is -2.22. The summed E-state index contributed by atoms with van der Waals surface area (Å²) in [6, 6.07) is 5.40. The molecule has 1 aromatic carbocycles. The van der Waals surface area contributed by atoms with E-state index in [9.17, 15) is 14.4 Å². The Hall–Kier alpha value is -2.67. The number of fused-ring (bicyclic) bond motifs is 1. The fourth-order valence-electron chi connectivity index (χ4n) is 3.73. The second-order valence-electron chi connectivity index (χ2n) is 7.78. The van der Waals surface area contributed by atoms with Gasteiger partial charge in [0.2, 0.25) is 0 Å². The van der Waals surface area contributed by atoms with Crippen molar-refractivity contribution in [2.45, 2.75) is 47.0 Å². The van der Waals surface area contributed by atoms with E-state index in [1.807, 2.05) is 19.9 Å². The van der Waals surface area contributed by atoms with E-state index in [2.05, 4.69) is 12.2 Å². The summed E-state index contributed by atoms with van der Waals surface area (Å²) in [5, 5.41) is 3.23. The molecule has 1 heterocycles. The van der Waals surface area contributed by atoms with Gasteiger partial charge in [0.1, 0.15) is 5.00 Å². The molecule has 0 saturated heterocycles. The van der Waals surface area contributed by atoms with E-state index < -0.39 is 24.5 Å². The number of rotatable bonds is 6. The zero-order valence-corrected chi connectivity index (χ0v) is 18.6. The third-order valence-electron chi connectivity index (χ3n) is 5.04. The van der Waals surface area contributed by atoms with Crippen LogP contribution in [0.25, 0.3) is 0 Å². The topological polar surface area (TPSA) is 81.7 Å². The summed E-state index contributed by atoms with van der Waals surface area (Å²) in [5.74, 6) is -0.924. The van der Waals surface area contributed by atoms with E-state index in [0.717, 1.165) is 40.8 Å². The molecule has 0 fully saturated rings. The Morgan fingerprint density at radius 3 is 2.47 bits per heavy atom. The molecule has 0 aliphatic heterocycles. The second-order valence-corrected chi connectivity index (χ2v) is 8.88. The highest BCUT2D eigenvalue weighted by Crippen LogP contribution is 2.40. The van der Waals surface area contributed by atoms with Gasteiger partial charge in [0.25, 0.3) is 5.91 Å². The predicted molar refractivity (Wildman–Crippen MR) is 116 cm³/mol. The Labute approximate surface area is 180 Å². The third kappa shape index (κ3) is 5.08. The fourth-order valence-corrected chi connectivity index (χ4v) is 5.14. The maximum Gasteiger partial charge on any atom is 0.341 e. The summed E-state index contributed by atoms with van der Waals surface area (Å²) in [4.78, 5) is 38.4. The van der Waals surface area contributed by atoms with Crippen LogP contribution >= 0.6 is 11.3 Å². The maximum absolute atomic E-state index is 12.5. The number of thiophene rings is 1. The van der Waals surface area contributed by atoms with Crippen molar-refractivity contribution >= 4 is 34.2 Å². The molecular formula is C23H27NO5S. The van der Waals surface area contributed by atoms with Crippen molar-refractivity contribution in [2.75, 3.05) is 18.5 Å². The standard InChI is InChI=1S/C23H27NO5S/c1-5-28-23(27)20-17-7-6-13(2)11-18(17)30-21(20)24-19(25)12-29-22(26)16-9-14(3)8-15(4)10-16/h8-10,13H,5-7,11-12H2,1-4H3,(H,24,25). The van der Waals surface area contributed by atoms with Gasteiger partial charge in [-0.3, -0.25) is 4.79 Å². The van der Waals surface area contributed by atoms with Crippen molar-refractivity contribution in [2.24, 2.45) is 5.92 Å². The Bertz CT molecular complexity index is 958. The van der Waals surface area contributed by atoms with Gasteiger partial charge in [-0.25, -0.2) is 9.59 Å². The molecule has 1 aromatic heterocycles. The largest absolute Gasteiger partial charge is 0.462 e. The molecule has 1 amide bonds. The minimum Gasteiger partial charge on any atom is -0.462 e. The minimum absolute atomic E-state index is 0.265. The zero-order valence-electron chi connectivity index (χ0n) is 17.8. The summed E-state index contributed by atoms with van der Waals surface area (Å²) in [5.41, 5.74) is 3.72. The smallest absolute Gasteiger partial charge is 0.341 e. The monoisotopic (exact) mass is 429 g/mol. The van der Waals surface area contributed by atoms with Gasteiger partial charge in [0, 0.05) is 4.88 Å². The number of esters is 2. The first-order valence-electron chi connectivity index (χ1n) is 10.1. The fraction of sp³-hybridized carbons (Fsp3) is 0.435. The van der Waals surface area contributed by atoms with Crippen molar-refractivity contribution in [3.63, 3.8) is 0 Å². The highest BCUT2D eigenvalue weighted by atomic mass is 32.1.